The Hall–Kier alpha value is -4.77. The number of carboxylic acid groups (broad SMARTS) is 1. The Bertz CT molecular complexity index is 1810. The van der Waals surface area contributed by atoms with Crippen molar-refractivity contribution in [1.82, 2.24) is 19.6 Å². The number of esters is 1. The summed E-state index contributed by atoms with van der Waals surface area (Å²) in [5.74, 6) is -2.14. The van der Waals surface area contributed by atoms with Crippen LogP contribution in [-0.4, -0.2) is 125 Å². The van der Waals surface area contributed by atoms with Gasteiger partial charge in [0.05, 0.1) is 29.1 Å². The summed E-state index contributed by atoms with van der Waals surface area (Å²) < 4.78 is 52.9. The quantitative estimate of drug-likeness (QED) is 0.208. The normalized spacial score (nSPS) is 19.6. The summed E-state index contributed by atoms with van der Waals surface area (Å²) in [6.45, 7) is 2.96. The SMILES string of the molecule is Nc1c(Cl)cc(C[C@@H](OC(=O)N2CCC(N3CCc4ccccc4NC3=O)CC2)C(=O)N2CCC(N3CCC(OC(=O)CCC(=O)O)CC3)CC2)cc1C(F)(F)F. The van der Waals surface area contributed by atoms with Crippen LogP contribution in [0.1, 0.15) is 68.1 Å². The lowest BCUT2D eigenvalue weighted by Gasteiger charge is -2.42. The molecule has 0 aromatic heterocycles. The molecular weight excluding hydrogens is 773 g/mol. The number of ether oxygens (including phenoxy) is 2. The van der Waals surface area contributed by atoms with Crippen molar-refractivity contribution >= 4 is 52.9 Å². The van der Waals surface area contributed by atoms with Gasteiger partial charge in [0.2, 0.25) is 0 Å². The number of alkyl halides is 3. The van der Waals surface area contributed by atoms with Gasteiger partial charge in [-0.25, -0.2) is 9.59 Å². The summed E-state index contributed by atoms with van der Waals surface area (Å²) in [4.78, 5) is 70.7. The maximum atomic E-state index is 14.1. The molecular formula is C39H48ClF3N6O8. The highest BCUT2D eigenvalue weighted by atomic mass is 35.5. The Morgan fingerprint density at radius 3 is 2.21 bits per heavy atom. The van der Waals surface area contributed by atoms with Crippen LogP contribution in [-0.2, 0) is 42.9 Å². The summed E-state index contributed by atoms with van der Waals surface area (Å²) >= 11 is 6.12. The highest BCUT2D eigenvalue weighted by Crippen LogP contribution is 2.38. The number of carboxylic acids is 1. The van der Waals surface area contributed by atoms with Crippen LogP contribution in [0.3, 0.4) is 0 Å². The molecule has 2 aromatic rings. The lowest BCUT2D eigenvalue weighted by molar-refractivity contribution is -0.154. The van der Waals surface area contributed by atoms with Crippen LogP contribution in [0, 0.1) is 0 Å². The molecule has 57 heavy (non-hydrogen) atoms. The molecule has 0 radical (unpaired) electrons. The number of nitrogens with zero attached hydrogens (tertiary/aromatic N) is 4. The first-order valence-corrected chi connectivity index (χ1v) is 19.7. The third-order valence-corrected chi connectivity index (χ3v) is 11.7. The first-order valence-electron chi connectivity index (χ1n) is 19.4. The van der Waals surface area contributed by atoms with Gasteiger partial charge >= 0.3 is 30.2 Å². The first-order chi connectivity index (χ1) is 27.2. The Morgan fingerprint density at radius 1 is 0.895 bits per heavy atom. The number of aliphatic carboxylic acids is 1. The van der Waals surface area contributed by atoms with Crippen molar-refractivity contribution in [3.05, 3.63) is 58.1 Å². The second kappa shape index (κ2) is 18.2. The number of rotatable bonds is 10. The number of nitrogens with two attached hydrogens (primary N) is 1. The molecule has 4 aliphatic heterocycles. The number of para-hydroxylation sites is 1. The van der Waals surface area contributed by atoms with Crippen LogP contribution < -0.4 is 11.1 Å². The van der Waals surface area contributed by atoms with Gasteiger partial charge in [0.1, 0.15) is 6.10 Å². The van der Waals surface area contributed by atoms with Gasteiger partial charge in [-0.3, -0.25) is 19.3 Å². The smallest absolute Gasteiger partial charge is 0.418 e. The van der Waals surface area contributed by atoms with Gasteiger partial charge in [-0.2, -0.15) is 13.2 Å². The molecule has 14 nitrogen and oxygen atoms in total. The molecule has 1 atom stereocenters. The van der Waals surface area contributed by atoms with Crippen molar-refractivity contribution in [3.63, 3.8) is 0 Å². The number of amides is 4. The number of likely N-dealkylation sites (tertiary alicyclic amines) is 3. The monoisotopic (exact) mass is 820 g/mol. The molecule has 6 rings (SSSR count). The minimum Gasteiger partial charge on any atom is -0.481 e. The molecule has 4 N–H and O–H groups in total. The summed E-state index contributed by atoms with van der Waals surface area (Å²) in [6, 6.07) is 9.47. The summed E-state index contributed by atoms with van der Waals surface area (Å²) in [6.07, 6.45) is -4.15. The molecule has 0 saturated carbocycles. The van der Waals surface area contributed by atoms with Gasteiger partial charge in [-0.1, -0.05) is 29.8 Å². The van der Waals surface area contributed by atoms with Crippen LogP contribution in [0.2, 0.25) is 5.02 Å². The van der Waals surface area contributed by atoms with Crippen LogP contribution in [0.5, 0.6) is 0 Å². The zero-order chi connectivity index (χ0) is 40.9. The van der Waals surface area contributed by atoms with Gasteiger partial charge in [0.25, 0.3) is 5.91 Å². The van der Waals surface area contributed by atoms with E-state index in [1.807, 2.05) is 24.3 Å². The van der Waals surface area contributed by atoms with Gasteiger partial charge < -0.3 is 40.3 Å². The molecule has 2 aromatic carbocycles. The second-order valence-corrected chi connectivity index (χ2v) is 15.4. The van der Waals surface area contributed by atoms with Crippen molar-refractivity contribution in [2.75, 3.05) is 56.9 Å². The molecule has 0 aliphatic carbocycles. The number of piperidine rings is 3. The molecule has 4 heterocycles. The second-order valence-electron chi connectivity index (χ2n) is 15.0. The number of nitrogen functional groups attached to an aromatic ring is 1. The molecule has 4 aliphatic rings. The number of anilines is 2. The molecule has 4 amide bonds. The zero-order valence-electron chi connectivity index (χ0n) is 31.5. The lowest BCUT2D eigenvalue weighted by atomic mass is 9.97. The van der Waals surface area contributed by atoms with Gasteiger partial charge in [-0.15, -0.1) is 0 Å². The Labute approximate surface area is 333 Å². The Morgan fingerprint density at radius 2 is 1.54 bits per heavy atom. The van der Waals surface area contributed by atoms with E-state index in [-0.39, 0.29) is 67.2 Å². The van der Waals surface area contributed by atoms with Crippen LogP contribution in [0.25, 0.3) is 0 Å². The molecule has 0 spiro atoms. The number of fused-ring (bicyclic) bond motifs is 1. The number of halogens is 4. The average molecular weight is 821 g/mol. The number of carbonyl (C=O) groups is 5. The standard InChI is InChI=1S/C39H48ClF3N6O8/c40-30-22-24(21-29(35(30)44)39(41,42)43)23-32(36(53)47-14-8-26(9-15-47)46-18-12-28(13-19-46)56-34(52)6-5-33(50)51)57-38(55)48-16-10-27(11-17-48)49-20-7-25-3-1-2-4-31(25)45-37(49)54/h1-4,21-22,26-28,32H,5-20,23,44H2,(H,45,54)(H,50,51)/t32-/m1/s1. The van der Waals surface area contributed by atoms with E-state index in [9.17, 15) is 37.1 Å². The summed E-state index contributed by atoms with van der Waals surface area (Å²) in [5.41, 5.74) is 5.71. The largest absolute Gasteiger partial charge is 0.481 e. The fraction of sp³-hybridized carbons (Fsp3) is 0.564. The van der Waals surface area contributed by atoms with Crippen molar-refractivity contribution in [2.45, 2.75) is 94.7 Å². The number of urea groups is 1. The van der Waals surface area contributed by atoms with E-state index >= 15 is 0 Å². The van der Waals surface area contributed by atoms with E-state index in [1.54, 1.807) is 9.80 Å². The van der Waals surface area contributed by atoms with E-state index in [4.69, 9.17) is 31.9 Å². The zero-order valence-corrected chi connectivity index (χ0v) is 32.2. The molecule has 3 fully saturated rings. The van der Waals surface area contributed by atoms with E-state index in [0.717, 1.165) is 17.3 Å². The Balaban J connectivity index is 1.07. The van der Waals surface area contributed by atoms with E-state index in [0.29, 0.717) is 77.7 Å². The minimum absolute atomic E-state index is 0.0287. The van der Waals surface area contributed by atoms with Crippen LogP contribution in [0.15, 0.2) is 36.4 Å². The fourth-order valence-corrected chi connectivity index (χ4v) is 8.42. The summed E-state index contributed by atoms with van der Waals surface area (Å²) in [7, 11) is 0. The first kappa shape index (κ1) is 41.9. The van der Waals surface area contributed by atoms with Crippen LogP contribution >= 0.6 is 11.6 Å². The maximum Gasteiger partial charge on any atom is 0.418 e. The molecule has 0 unspecified atom stereocenters. The molecule has 3 saturated heterocycles. The summed E-state index contributed by atoms with van der Waals surface area (Å²) in [5, 5.41) is 11.4. The Kier molecular flexibility index (Phi) is 13.4. The third-order valence-electron chi connectivity index (χ3n) is 11.3. The highest BCUT2D eigenvalue weighted by molar-refractivity contribution is 6.33. The number of nitrogens with one attached hydrogen (secondary N) is 1. The van der Waals surface area contributed by atoms with Gasteiger partial charge in [0.15, 0.2) is 6.10 Å². The predicted molar refractivity (Wildman–Crippen MR) is 202 cm³/mol. The number of benzene rings is 2. The average Bonchev–Trinajstić information content (AvgIpc) is 3.35. The number of hydrogen-bond donors (Lipinski definition) is 3. The molecule has 310 valence electrons. The van der Waals surface area contributed by atoms with E-state index < -0.39 is 47.5 Å². The van der Waals surface area contributed by atoms with Crippen LogP contribution in [0.4, 0.5) is 34.1 Å². The molecule has 0 bridgehead atoms. The maximum absolute atomic E-state index is 14.1. The van der Waals surface area contributed by atoms with Crippen molar-refractivity contribution < 1.29 is 51.7 Å². The van der Waals surface area contributed by atoms with E-state index in [2.05, 4.69) is 10.2 Å². The van der Waals surface area contributed by atoms with Crippen molar-refractivity contribution in [2.24, 2.45) is 0 Å². The third kappa shape index (κ3) is 10.6. The van der Waals surface area contributed by atoms with Crippen molar-refractivity contribution in [3.8, 4) is 0 Å². The van der Waals surface area contributed by atoms with Gasteiger partial charge in [-0.05, 0) is 74.3 Å². The predicted octanol–water partition coefficient (Wildman–Crippen LogP) is 5.41. The number of hydrogen-bond acceptors (Lipinski definition) is 9. The fourth-order valence-electron chi connectivity index (χ4n) is 8.18. The van der Waals surface area contributed by atoms with Gasteiger partial charge in [0, 0.05) is 70.0 Å². The highest BCUT2D eigenvalue weighted by Gasteiger charge is 2.39. The van der Waals surface area contributed by atoms with Crippen molar-refractivity contribution in [1.29, 1.82) is 0 Å². The lowest BCUT2D eigenvalue weighted by Crippen LogP contribution is -2.53. The topological polar surface area (TPSA) is 175 Å². The molecule has 18 heteroatoms. The van der Waals surface area contributed by atoms with E-state index in [1.165, 1.54) is 11.0 Å². The number of carbonyl (C=O) groups excluding carboxylic acids is 4. The minimum atomic E-state index is -4.81.